The van der Waals surface area contributed by atoms with Gasteiger partial charge in [-0.3, -0.25) is 10.2 Å². The number of ether oxygens (including phenoxy) is 1. The van der Waals surface area contributed by atoms with Gasteiger partial charge in [0.1, 0.15) is 10.8 Å². The van der Waals surface area contributed by atoms with Gasteiger partial charge in [-0.25, -0.2) is 0 Å². The van der Waals surface area contributed by atoms with Gasteiger partial charge in [-0.05, 0) is 67.9 Å². The van der Waals surface area contributed by atoms with Crippen molar-refractivity contribution in [3.05, 3.63) is 88.2 Å². The third-order valence-electron chi connectivity index (χ3n) is 5.91. The summed E-state index contributed by atoms with van der Waals surface area (Å²) in [6.07, 6.45) is 1.73. The standard InChI is InChI=1S/C26H23N5O2S/c1-15-8-5-6-11-21(15)25-29-31-23(27)22(24(32)28-26(31)34-25)13-18-12-16(2)30(17(18)3)19-9-7-10-20(14-19)33-4/h5-14,27H,1-4H3/b22-13+,27-23?. The number of hydrogen-bond donors (Lipinski definition) is 1. The van der Waals surface area contributed by atoms with E-state index in [2.05, 4.69) is 14.7 Å². The predicted octanol–water partition coefficient (Wildman–Crippen LogP) is 5.08. The maximum Gasteiger partial charge on any atom is 0.283 e. The van der Waals surface area contributed by atoms with Crippen molar-refractivity contribution < 1.29 is 9.53 Å². The number of aryl methyl sites for hydroxylation is 2. The number of aliphatic imine (C=N–C) groups is 1. The van der Waals surface area contributed by atoms with Gasteiger partial charge < -0.3 is 9.30 Å². The van der Waals surface area contributed by atoms with Crippen molar-refractivity contribution in [2.24, 2.45) is 10.1 Å². The molecule has 0 atom stereocenters. The zero-order chi connectivity index (χ0) is 24.0. The zero-order valence-corrected chi connectivity index (χ0v) is 20.1. The summed E-state index contributed by atoms with van der Waals surface area (Å²) in [6, 6.07) is 17.7. The van der Waals surface area contributed by atoms with Crippen molar-refractivity contribution in [3.8, 4) is 11.4 Å². The number of methoxy groups -OCH3 is 1. The molecule has 0 saturated heterocycles. The van der Waals surface area contributed by atoms with Gasteiger partial charge in [0, 0.05) is 28.7 Å². The lowest BCUT2D eigenvalue weighted by Crippen LogP contribution is -2.35. The minimum atomic E-state index is -0.434. The van der Waals surface area contributed by atoms with Crippen LogP contribution in [0.4, 0.5) is 0 Å². The Morgan fingerprint density at radius 1 is 1.06 bits per heavy atom. The number of thioether (sulfide) groups is 1. The smallest absolute Gasteiger partial charge is 0.283 e. The molecule has 3 heterocycles. The average molecular weight is 470 g/mol. The van der Waals surface area contributed by atoms with Gasteiger partial charge in [0.05, 0.1) is 12.7 Å². The van der Waals surface area contributed by atoms with E-state index in [0.29, 0.717) is 5.17 Å². The van der Waals surface area contributed by atoms with Gasteiger partial charge in [-0.2, -0.15) is 15.1 Å². The summed E-state index contributed by atoms with van der Waals surface area (Å²) in [4.78, 5) is 17.1. The molecule has 2 aromatic carbocycles. The van der Waals surface area contributed by atoms with Crippen molar-refractivity contribution in [1.82, 2.24) is 9.58 Å². The topological polar surface area (TPSA) is 83.0 Å². The Bertz CT molecular complexity index is 1450. The molecule has 0 spiro atoms. The number of fused-ring (bicyclic) bond motifs is 1. The second-order valence-electron chi connectivity index (χ2n) is 8.10. The van der Waals surface area contributed by atoms with Crippen LogP contribution in [0.1, 0.15) is 28.1 Å². The molecule has 1 aromatic heterocycles. The van der Waals surface area contributed by atoms with Crippen molar-refractivity contribution in [2.45, 2.75) is 20.8 Å². The number of amidine groups is 2. The molecule has 170 valence electrons. The second-order valence-corrected chi connectivity index (χ2v) is 9.06. The number of carbonyl (C=O) groups is 1. The van der Waals surface area contributed by atoms with E-state index in [1.54, 1.807) is 13.2 Å². The van der Waals surface area contributed by atoms with Crippen LogP contribution < -0.4 is 4.74 Å². The molecule has 0 radical (unpaired) electrons. The normalized spacial score (nSPS) is 16.6. The molecule has 3 aromatic rings. The van der Waals surface area contributed by atoms with Gasteiger partial charge in [-0.1, -0.05) is 30.3 Å². The number of carbonyl (C=O) groups excluding carboxylic acids is 1. The minimum absolute atomic E-state index is 0.0252. The second kappa shape index (κ2) is 8.46. The van der Waals surface area contributed by atoms with Crippen LogP contribution in [0.5, 0.6) is 5.75 Å². The minimum Gasteiger partial charge on any atom is -0.497 e. The third-order valence-corrected chi connectivity index (χ3v) is 6.85. The maximum atomic E-state index is 12.9. The van der Waals surface area contributed by atoms with Crippen molar-refractivity contribution >= 4 is 39.8 Å². The average Bonchev–Trinajstić information content (AvgIpc) is 3.37. The van der Waals surface area contributed by atoms with E-state index >= 15 is 0 Å². The fraction of sp³-hybridized carbons (Fsp3) is 0.154. The molecule has 0 fully saturated rings. The summed E-state index contributed by atoms with van der Waals surface area (Å²) in [6.45, 7) is 6.01. The number of hydrogen-bond acceptors (Lipinski definition) is 5. The fourth-order valence-corrected chi connectivity index (χ4v) is 5.13. The van der Waals surface area contributed by atoms with Crippen LogP contribution >= 0.6 is 11.8 Å². The Morgan fingerprint density at radius 3 is 2.62 bits per heavy atom. The Balaban J connectivity index is 1.52. The molecule has 7 nitrogen and oxygen atoms in total. The first-order valence-electron chi connectivity index (χ1n) is 10.8. The van der Waals surface area contributed by atoms with Crippen LogP contribution in [-0.4, -0.2) is 38.6 Å². The molecule has 34 heavy (non-hydrogen) atoms. The molecule has 0 aliphatic carbocycles. The van der Waals surface area contributed by atoms with Crippen LogP contribution in [0.2, 0.25) is 0 Å². The van der Waals surface area contributed by atoms with E-state index in [4.69, 9.17) is 10.1 Å². The Kier molecular flexibility index (Phi) is 5.45. The van der Waals surface area contributed by atoms with Gasteiger partial charge in [0.25, 0.3) is 5.91 Å². The highest BCUT2D eigenvalue weighted by atomic mass is 32.2. The highest BCUT2D eigenvalue weighted by Crippen LogP contribution is 2.32. The first-order chi connectivity index (χ1) is 16.4. The van der Waals surface area contributed by atoms with E-state index in [-0.39, 0.29) is 11.4 Å². The Morgan fingerprint density at radius 2 is 1.85 bits per heavy atom. The Hall–Kier alpha value is -3.91. The lowest BCUT2D eigenvalue weighted by molar-refractivity contribution is -0.114. The number of amides is 1. The van der Waals surface area contributed by atoms with E-state index in [1.807, 2.05) is 75.4 Å². The quantitative estimate of drug-likeness (QED) is 0.540. The van der Waals surface area contributed by atoms with Crippen LogP contribution in [-0.2, 0) is 4.79 Å². The summed E-state index contributed by atoms with van der Waals surface area (Å²) in [5, 5.41) is 15.9. The summed E-state index contributed by atoms with van der Waals surface area (Å²) in [5.74, 6) is 0.360. The molecular formula is C26H23N5O2S. The molecule has 8 heteroatoms. The number of rotatable bonds is 4. The molecule has 1 amide bonds. The summed E-state index contributed by atoms with van der Waals surface area (Å²) < 4.78 is 7.47. The van der Waals surface area contributed by atoms with Gasteiger partial charge in [0.15, 0.2) is 5.84 Å². The molecule has 2 aliphatic rings. The number of nitrogens with one attached hydrogen (secondary N) is 1. The van der Waals surface area contributed by atoms with Crippen LogP contribution in [0.25, 0.3) is 11.8 Å². The largest absolute Gasteiger partial charge is 0.497 e. The van der Waals surface area contributed by atoms with Crippen LogP contribution in [0.15, 0.2) is 70.3 Å². The van der Waals surface area contributed by atoms with E-state index in [9.17, 15) is 4.79 Å². The number of hydrazone groups is 1. The monoisotopic (exact) mass is 469 g/mol. The van der Waals surface area contributed by atoms with Gasteiger partial charge >= 0.3 is 0 Å². The predicted molar refractivity (Wildman–Crippen MR) is 137 cm³/mol. The highest BCUT2D eigenvalue weighted by molar-refractivity contribution is 8.27. The summed E-state index contributed by atoms with van der Waals surface area (Å²) >= 11 is 1.31. The van der Waals surface area contributed by atoms with E-state index in [0.717, 1.165) is 44.6 Å². The molecular weight excluding hydrogens is 446 g/mol. The van der Waals surface area contributed by atoms with Crippen LogP contribution in [0.3, 0.4) is 0 Å². The maximum absolute atomic E-state index is 12.9. The van der Waals surface area contributed by atoms with E-state index < -0.39 is 5.91 Å². The molecule has 0 unspecified atom stereocenters. The lowest BCUT2D eigenvalue weighted by Gasteiger charge is -2.20. The summed E-state index contributed by atoms with van der Waals surface area (Å²) in [7, 11) is 1.64. The van der Waals surface area contributed by atoms with Crippen molar-refractivity contribution in [3.63, 3.8) is 0 Å². The first kappa shape index (κ1) is 21.9. The Labute approximate surface area is 202 Å². The van der Waals surface area contributed by atoms with E-state index in [1.165, 1.54) is 16.8 Å². The lowest BCUT2D eigenvalue weighted by atomic mass is 10.1. The van der Waals surface area contributed by atoms with Crippen LogP contribution in [0, 0.1) is 26.2 Å². The van der Waals surface area contributed by atoms with Crippen molar-refractivity contribution in [1.29, 1.82) is 5.41 Å². The third kappa shape index (κ3) is 3.66. The molecule has 0 saturated carbocycles. The first-order valence-corrected chi connectivity index (χ1v) is 11.6. The number of aromatic nitrogens is 1. The number of benzene rings is 2. The zero-order valence-electron chi connectivity index (χ0n) is 19.3. The molecule has 2 aliphatic heterocycles. The SMILES string of the molecule is COc1cccc(-n2c(C)cc(/C=C3\C(=N)N4N=C(c5ccccc5C)SC4=NC3=O)c2C)c1. The number of nitrogens with zero attached hydrogens (tertiary/aromatic N) is 4. The fourth-order valence-electron chi connectivity index (χ4n) is 4.15. The molecule has 1 N–H and O–H groups in total. The van der Waals surface area contributed by atoms with Gasteiger partial charge in [-0.15, -0.1) is 0 Å². The highest BCUT2D eigenvalue weighted by Gasteiger charge is 2.36. The van der Waals surface area contributed by atoms with Gasteiger partial charge in [0.2, 0.25) is 5.17 Å². The summed E-state index contributed by atoms with van der Waals surface area (Å²) in [5.41, 5.74) is 6.03. The molecule has 0 bridgehead atoms. The molecule has 5 rings (SSSR count). The van der Waals surface area contributed by atoms with Crippen molar-refractivity contribution in [2.75, 3.05) is 7.11 Å².